The molecule has 6 heteroatoms. The molecule has 5 nitrogen and oxygen atoms in total. The number of likely N-dealkylation sites (tertiary alicyclic amines) is 1. The second-order valence-corrected chi connectivity index (χ2v) is 7.22. The average molecular weight is 362 g/mol. The summed E-state index contributed by atoms with van der Waals surface area (Å²) in [6.07, 6.45) is 6.35. The van der Waals surface area contributed by atoms with Gasteiger partial charge in [0.15, 0.2) is 6.54 Å². The van der Waals surface area contributed by atoms with Gasteiger partial charge in [0.2, 0.25) is 0 Å². The zero-order chi connectivity index (χ0) is 17.6. The zero-order valence-corrected chi connectivity index (χ0v) is 15.5. The number of amides is 1. The van der Waals surface area contributed by atoms with E-state index in [0.29, 0.717) is 11.6 Å². The van der Waals surface area contributed by atoms with Crippen molar-refractivity contribution in [3.8, 4) is 11.3 Å². The maximum absolute atomic E-state index is 12.4. The Balaban J connectivity index is 1.62. The Labute approximate surface area is 154 Å². The van der Waals surface area contributed by atoms with Gasteiger partial charge in [-0.1, -0.05) is 30.2 Å². The van der Waals surface area contributed by atoms with Crippen molar-refractivity contribution in [3.05, 3.63) is 35.4 Å². The van der Waals surface area contributed by atoms with E-state index >= 15 is 0 Å². The van der Waals surface area contributed by atoms with Crippen LogP contribution >= 0.6 is 11.6 Å². The molecule has 1 fully saturated rings. The Bertz CT molecular complexity index is 703. The summed E-state index contributed by atoms with van der Waals surface area (Å²) in [7, 11) is 1.85. The fourth-order valence-corrected chi connectivity index (χ4v) is 3.47. The van der Waals surface area contributed by atoms with Crippen LogP contribution in [0, 0.1) is 0 Å². The number of anilines is 1. The summed E-state index contributed by atoms with van der Waals surface area (Å²) in [4.78, 5) is 13.8. The van der Waals surface area contributed by atoms with Gasteiger partial charge in [-0.25, -0.2) is 0 Å². The van der Waals surface area contributed by atoms with Crippen LogP contribution in [-0.4, -0.2) is 35.3 Å². The SMILES string of the molecule is Cn1nc(-c2ccc(Cl)cc2)cc1NC(=O)C[NH+]1CCCCCCC1. The summed E-state index contributed by atoms with van der Waals surface area (Å²) in [6, 6.07) is 9.45. The van der Waals surface area contributed by atoms with Gasteiger partial charge in [0.1, 0.15) is 5.82 Å². The molecular formula is C19H26ClN4O+. The van der Waals surface area contributed by atoms with Gasteiger partial charge in [0, 0.05) is 23.7 Å². The monoisotopic (exact) mass is 361 g/mol. The van der Waals surface area contributed by atoms with Crippen LogP contribution in [0.4, 0.5) is 5.82 Å². The standard InChI is InChI=1S/C19H25ClN4O/c1-23-18(13-17(22-23)15-7-9-16(20)10-8-15)21-19(25)14-24-11-5-3-2-4-6-12-24/h7-10,13H,2-6,11-12,14H2,1H3,(H,21,25)/p+1. The molecule has 25 heavy (non-hydrogen) atoms. The van der Waals surface area contributed by atoms with E-state index in [1.165, 1.54) is 37.0 Å². The quantitative estimate of drug-likeness (QED) is 0.879. The van der Waals surface area contributed by atoms with Gasteiger partial charge in [0.05, 0.1) is 18.8 Å². The highest BCUT2D eigenvalue weighted by Crippen LogP contribution is 2.22. The van der Waals surface area contributed by atoms with Crippen LogP contribution in [0.1, 0.15) is 32.1 Å². The fourth-order valence-electron chi connectivity index (χ4n) is 3.34. The molecule has 0 unspecified atom stereocenters. The summed E-state index contributed by atoms with van der Waals surface area (Å²) >= 11 is 5.93. The predicted molar refractivity (Wildman–Crippen MR) is 101 cm³/mol. The number of carbonyl (C=O) groups excluding carboxylic acids is 1. The van der Waals surface area contributed by atoms with Crippen LogP contribution in [0.15, 0.2) is 30.3 Å². The number of benzene rings is 1. The fraction of sp³-hybridized carbons (Fsp3) is 0.474. The highest BCUT2D eigenvalue weighted by molar-refractivity contribution is 6.30. The Hall–Kier alpha value is -1.85. The van der Waals surface area contributed by atoms with Gasteiger partial charge in [0.25, 0.3) is 5.91 Å². The molecule has 1 amide bonds. The highest BCUT2D eigenvalue weighted by Gasteiger charge is 2.17. The molecular weight excluding hydrogens is 336 g/mol. The van der Waals surface area contributed by atoms with E-state index in [1.54, 1.807) is 4.68 Å². The molecule has 0 saturated carbocycles. The first-order valence-electron chi connectivity index (χ1n) is 9.05. The minimum absolute atomic E-state index is 0.0567. The van der Waals surface area contributed by atoms with Crippen molar-refractivity contribution in [1.82, 2.24) is 9.78 Å². The van der Waals surface area contributed by atoms with Crippen molar-refractivity contribution in [2.75, 3.05) is 25.0 Å². The minimum atomic E-state index is 0.0567. The molecule has 1 aromatic heterocycles. The van der Waals surface area contributed by atoms with Crippen molar-refractivity contribution in [2.45, 2.75) is 32.1 Å². The third kappa shape index (κ3) is 5.06. The van der Waals surface area contributed by atoms with E-state index in [0.717, 1.165) is 30.2 Å². The normalized spacial score (nSPS) is 16.2. The van der Waals surface area contributed by atoms with E-state index in [2.05, 4.69) is 10.4 Å². The Morgan fingerprint density at radius 1 is 1.16 bits per heavy atom. The number of quaternary nitrogens is 1. The lowest BCUT2D eigenvalue weighted by molar-refractivity contribution is -0.892. The Morgan fingerprint density at radius 3 is 2.48 bits per heavy atom. The number of nitrogens with zero attached hydrogens (tertiary/aromatic N) is 2. The van der Waals surface area contributed by atoms with Crippen molar-refractivity contribution < 1.29 is 9.69 Å². The molecule has 2 N–H and O–H groups in total. The molecule has 0 spiro atoms. The summed E-state index contributed by atoms with van der Waals surface area (Å²) in [5, 5.41) is 8.20. The number of halogens is 1. The molecule has 3 rings (SSSR count). The second-order valence-electron chi connectivity index (χ2n) is 6.79. The largest absolute Gasteiger partial charge is 0.327 e. The Morgan fingerprint density at radius 2 is 1.80 bits per heavy atom. The number of nitrogens with one attached hydrogen (secondary N) is 2. The minimum Gasteiger partial charge on any atom is -0.327 e. The second kappa shape index (κ2) is 8.50. The predicted octanol–water partition coefficient (Wildman–Crippen LogP) is 2.53. The van der Waals surface area contributed by atoms with Gasteiger partial charge >= 0.3 is 0 Å². The molecule has 1 aromatic carbocycles. The summed E-state index contributed by atoms with van der Waals surface area (Å²) < 4.78 is 1.71. The van der Waals surface area contributed by atoms with E-state index < -0.39 is 0 Å². The van der Waals surface area contributed by atoms with Crippen molar-refractivity contribution in [3.63, 3.8) is 0 Å². The molecule has 0 bridgehead atoms. The maximum Gasteiger partial charge on any atom is 0.280 e. The highest BCUT2D eigenvalue weighted by atomic mass is 35.5. The van der Waals surface area contributed by atoms with E-state index in [9.17, 15) is 4.79 Å². The Kier molecular flexibility index (Phi) is 6.10. The van der Waals surface area contributed by atoms with Crippen molar-refractivity contribution in [1.29, 1.82) is 0 Å². The molecule has 2 heterocycles. The van der Waals surface area contributed by atoms with E-state index in [-0.39, 0.29) is 5.91 Å². The average Bonchev–Trinajstić information content (AvgIpc) is 2.91. The summed E-state index contributed by atoms with van der Waals surface area (Å²) in [6.45, 7) is 2.71. The van der Waals surface area contributed by atoms with Gasteiger partial charge in [-0.05, 0) is 37.8 Å². The van der Waals surface area contributed by atoms with E-state index in [1.807, 2.05) is 37.4 Å². The lowest BCUT2D eigenvalue weighted by Gasteiger charge is -2.21. The summed E-state index contributed by atoms with van der Waals surface area (Å²) in [5.74, 6) is 0.780. The first kappa shape index (κ1) is 18.0. The van der Waals surface area contributed by atoms with Crippen molar-refractivity contribution >= 4 is 23.3 Å². The third-order valence-corrected chi connectivity index (χ3v) is 5.01. The first-order chi connectivity index (χ1) is 12.1. The number of hydrogen-bond donors (Lipinski definition) is 2. The van der Waals surface area contributed by atoms with Crippen LogP contribution < -0.4 is 10.2 Å². The first-order valence-corrected chi connectivity index (χ1v) is 9.43. The van der Waals surface area contributed by atoms with Gasteiger partial charge in [-0.2, -0.15) is 5.10 Å². The molecule has 0 aliphatic carbocycles. The zero-order valence-electron chi connectivity index (χ0n) is 14.7. The van der Waals surface area contributed by atoms with Crippen molar-refractivity contribution in [2.24, 2.45) is 7.05 Å². The molecule has 1 aliphatic rings. The maximum atomic E-state index is 12.4. The number of aromatic nitrogens is 2. The van der Waals surface area contributed by atoms with E-state index in [4.69, 9.17) is 11.6 Å². The molecule has 134 valence electrons. The van der Waals surface area contributed by atoms with Crippen LogP contribution in [0.5, 0.6) is 0 Å². The van der Waals surface area contributed by atoms with Gasteiger partial charge < -0.3 is 10.2 Å². The molecule has 0 radical (unpaired) electrons. The smallest absolute Gasteiger partial charge is 0.280 e. The van der Waals surface area contributed by atoms with Crippen LogP contribution in [-0.2, 0) is 11.8 Å². The topological polar surface area (TPSA) is 51.4 Å². The van der Waals surface area contributed by atoms with Crippen LogP contribution in [0.2, 0.25) is 5.02 Å². The lowest BCUT2D eigenvalue weighted by Crippen LogP contribution is -3.13. The summed E-state index contributed by atoms with van der Waals surface area (Å²) in [5.41, 5.74) is 1.81. The number of carbonyl (C=O) groups is 1. The van der Waals surface area contributed by atoms with Gasteiger partial charge in [-0.3, -0.25) is 9.48 Å². The van der Waals surface area contributed by atoms with Crippen LogP contribution in [0.3, 0.4) is 0 Å². The van der Waals surface area contributed by atoms with Crippen LogP contribution in [0.25, 0.3) is 11.3 Å². The number of hydrogen-bond acceptors (Lipinski definition) is 2. The molecule has 1 saturated heterocycles. The molecule has 0 atom stereocenters. The van der Waals surface area contributed by atoms with Gasteiger partial charge in [-0.15, -0.1) is 0 Å². The molecule has 2 aromatic rings. The lowest BCUT2D eigenvalue weighted by atomic mass is 10.1. The molecule has 1 aliphatic heterocycles. The number of rotatable bonds is 4. The third-order valence-electron chi connectivity index (χ3n) is 4.76. The number of aryl methyl sites for hydroxylation is 1.